The minimum atomic E-state index is -1.51. The van der Waals surface area contributed by atoms with Gasteiger partial charge in [-0.25, -0.2) is 0 Å². The van der Waals surface area contributed by atoms with Crippen molar-refractivity contribution >= 4 is 28.4 Å². The Balaban J connectivity index is 2.03. The maximum atomic E-state index is 12.5. The highest BCUT2D eigenvalue weighted by molar-refractivity contribution is 7.85. The summed E-state index contributed by atoms with van der Waals surface area (Å²) in [4.78, 5) is 11.5. The summed E-state index contributed by atoms with van der Waals surface area (Å²) in [7, 11) is -1.51. The van der Waals surface area contributed by atoms with Gasteiger partial charge in [-0.2, -0.15) is 0 Å². The first-order valence-electron chi connectivity index (χ1n) is 7.36. The first-order chi connectivity index (χ1) is 11.0. The predicted octanol–water partition coefficient (Wildman–Crippen LogP) is 3.98. The summed E-state index contributed by atoms with van der Waals surface area (Å²) >= 11 is 6.06. The highest BCUT2D eigenvalue weighted by Crippen LogP contribution is 2.20. The highest BCUT2D eigenvalue weighted by atomic mass is 35.5. The van der Waals surface area contributed by atoms with E-state index in [2.05, 4.69) is 0 Å². The van der Waals surface area contributed by atoms with Crippen LogP contribution in [0.5, 0.6) is 0 Å². The van der Waals surface area contributed by atoms with Gasteiger partial charge < -0.3 is 5.11 Å². The van der Waals surface area contributed by atoms with Crippen LogP contribution in [0.4, 0.5) is 0 Å². The largest absolute Gasteiger partial charge is 0.480 e. The van der Waals surface area contributed by atoms with Gasteiger partial charge in [0.05, 0.1) is 5.75 Å². The third kappa shape index (κ3) is 5.19. The number of benzene rings is 2. The molecule has 23 heavy (non-hydrogen) atoms. The van der Waals surface area contributed by atoms with E-state index in [0.717, 1.165) is 11.1 Å². The van der Waals surface area contributed by atoms with Gasteiger partial charge in [-0.15, -0.1) is 0 Å². The Morgan fingerprint density at radius 1 is 1.17 bits per heavy atom. The Bertz CT molecular complexity index is 698. The summed E-state index contributed by atoms with van der Waals surface area (Å²) in [5, 5.41) is 9.01. The summed E-state index contributed by atoms with van der Waals surface area (Å²) in [6.45, 7) is 2.00. The molecule has 3 nitrogen and oxygen atoms in total. The van der Waals surface area contributed by atoms with Crippen molar-refractivity contribution < 1.29 is 14.1 Å². The fourth-order valence-electron chi connectivity index (χ4n) is 2.29. The first kappa shape index (κ1) is 17.7. The van der Waals surface area contributed by atoms with Crippen LogP contribution in [0.15, 0.2) is 48.5 Å². The molecular weight excluding hydrogens is 332 g/mol. The van der Waals surface area contributed by atoms with E-state index in [-0.39, 0.29) is 5.75 Å². The molecule has 0 saturated carbocycles. The molecule has 2 unspecified atom stereocenters. The minimum Gasteiger partial charge on any atom is -0.480 e. The Labute approximate surface area is 143 Å². The van der Waals surface area contributed by atoms with E-state index >= 15 is 0 Å². The molecule has 0 amide bonds. The molecule has 0 heterocycles. The molecule has 1 N–H and O–H groups in total. The van der Waals surface area contributed by atoms with Crippen LogP contribution in [0.25, 0.3) is 0 Å². The summed E-state index contributed by atoms with van der Waals surface area (Å²) in [5.74, 6) is -0.868. The van der Waals surface area contributed by atoms with Gasteiger partial charge in [0.2, 0.25) is 0 Å². The van der Waals surface area contributed by atoms with Gasteiger partial charge in [-0.3, -0.25) is 9.00 Å². The van der Waals surface area contributed by atoms with Crippen molar-refractivity contribution in [2.75, 3.05) is 0 Å². The zero-order valence-electron chi connectivity index (χ0n) is 12.9. The SMILES string of the molecule is Cc1ccc(CCC(C(=O)O)S(=O)Cc2ccccc2Cl)cc1. The predicted molar refractivity (Wildman–Crippen MR) is 94.2 cm³/mol. The molecule has 0 bridgehead atoms. The fourth-order valence-corrected chi connectivity index (χ4v) is 3.94. The molecule has 5 heteroatoms. The van der Waals surface area contributed by atoms with Crippen molar-refractivity contribution in [1.29, 1.82) is 0 Å². The number of halogens is 1. The molecule has 2 rings (SSSR count). The summed E-state index contributed by atoms with van der Waals surface area (Å²) in [6, 6.07) is 15.0. The monoisotopic (exact) mass is 350 g/mol. The summed E-state index contributed by atoms with van der Waals surface area (Å²) < 4.78 is 12.5. The standard InChI is InChI=1S/C18H19ClO3S/c1-13-6-8-14(9-7-13)10-11-17(18(20)21)23(22)12-15-4-2-3-5-16(15)19/h2-9,17H,10-12H2,1H3,(H,20,21). The molecule has 2 atom stereocenters. The van der Waals surface area contributed by atoms with Crippen molar-refractivity contribution in [3.63, 3.8) is 0 Å². The number of aryl methyl sites for hydroxylation is 2. The molecule has 0 spiro atoms. The normalized spacial score (nSPS) is 13.5. The molecule has 0 saturated heterocycles. The van der Waals surface area contributed by atoms with E-state index in [1.54, 1.807) is 24.3 Å². The lowest BCUT2D eigenvalue weighted by atomic mass is 10.1. The van der Waals surface area contributed by atoms with Crippen LogP contribution in [-0.2, 0) is 27.8 Å². The van der Waals surface area contributed by atoms with Gasteiger partial charge in [0.15, 0.2) is 0 Å². The van der Waals surface area contributed by atoms with Crippen LogP contribution < -0.4 is 0 Å². The van der Waals surface area contributed by atoms with Gasteiger partial charge in [0.1, 0.15) is 5.25 Å². The molecule has 0 aromatic heterocycles. The maximum absolute atomic E-state index is 12.5. The summed E-state index contributed by atoms with van der Waals surface area (Å²) in [5.41, 5.74) is 2.93. The molecule has 2 aromatic rings. The number of aliphatic carboxylic acids is 1. The second-order valence-corrected chi connectivity index (χ2v) is 7.49. The van der Waals surface area contributed by atoms with E-state index in [1.165, 1.54) is 0 Å². The maximum Gasteiger partial charge on any atom is 0.319 e. The Morgan fingerprint density at radius 2 is 1.83 bits per heavy atom. The molecule has 0 aliphatic rings. The Morgan fingerprint density at radius 3 is 2.43 bits per heavy atom. The lowest BCUT2D eigenvalue weighted by Crippen LogP contribution is -2.27. The highest BCUT2D eigenvalue weighted by Gasteiger charge is 2.25. The second kappa shape index (κ2) is 8.27. The Kier molecular flexibility index (Phi) is 6.37. The van der Waals surface area contributed by atoms with Gasteiger partial charge in [-0.05, 0) is 37.0 Å². The van der Waals surface area contributed by atoms with Gasteiger partial charge >= 0.3 is 5.97 Å². The minimum absolute atomic E-state index is 0.157. The van der Waals surface area contributed by atoms with Gasteiger partial charge in [0.25, 0.3) is 0 Å². The van der Waals surface area contributed by atoms with E-state index in [4.69, 9.17) is 11.6 Å². The molecule has 0 aliphatic heterocycles. The molecule has 0 radical (unpaired) electrons. The lowest BCUT2D eigenvalue weighted by molar-refractivity contribution is -0.136. The molecule has 2 aromatic carbocycles. The topological polar surface area (TPSA) is 54.4 Å². The average molecular weight is 351 g/mol. The zero-order chi connectivity index (χ0) is 16.8. The van der Waals surface area contributed by atoms with Crippen LogP contribution in [0.1, 0.15) is 23.1 Å². The second-order valence-electron chi connectivity index (χ2n) is 5.47. The zero-order valence-corrected chi connectivity index (χ0v) is 14.4. The third-order valence-corrected chi connectivity index (χ3v) is 5.70. The number of hydrogen-bond donors (Lipinski definition) is 1. The number of hydrogen-bond acceptors (Lipinski definition) is 2. The van der Waals surface area contributed by atoms with E-state index in [9.17, 15) is 14.1 Å². The number of carbonyl (C=O) groups is 1. The van der Waals surface area contributed by atoms with Crippen LogP contribution >= 0.6 is 11.6 Å². The van der Waals surface area contributed by atoms with E-state index in [1.807, 2.05) is 31.2 Å². The lowest BCUT2D eigenvalue weighted by Gasteiger charge is -2.13. The first-order valence-corrected chi connectivity index (χ1v) is 9.12. The van der Waals surface area contributed by atoms with Crippen molar-refractivity contribution in [1.82, 2.24) is 0 Å². The van der Waals surface area contributed by atoms with Crippen LogP contribution in [0, 0.1) is 6.92 Å². The molecular formula is C18H19ClO3S. The number of carboxylic acid groups (broad SMARTS) is 1. The van der Waals surface area contributed by atoms with Crippen molar-refractivity contribution in [3.05, 3.63) is 70.2 Å². The van der Waals surface area contributed by atoms with Gasteiger partial charge in [0, 0.05) is 15.8 Å². The third-order valence-electron chi connectivity index (χ3n) is 3.66. The van der Waals surface area contributed by atoms with Gasteiger partial charge in [-0.1, -0.05) is 59.6 Å². The smallest absolute Gasteiger partial charge is 0.319 e. The number of rotatable bonds is 7. The quantitative estimate of drug-likeness (QED) is 0.821. The Hall–Kier alpha value is -1.65. The fraction of sp³-hybridized carbons (Fsp3) is 0.278. The summed E-state index contributed by atoms with van der Waals surface area (Å²) in [6.07, 6.45) is 0.932. The molecule has 122 valence electrons. The van der Waals surface area contributed by atoms with Crippen LogP contribution in [-0.4, -0.2) is 20.5 Å². The van der Waals surface area contributed by atoms with Crippen molar-refractivity contribution in [2.45, 2.75) is 30.8 Å². The van der Waals surface area contributed by atoms with Crippen LogP contribution in [0.2, 0.25) is 5.02 Å². The molecule has 0 aliphatic carbocycles. The van der Waals surface area contributed by atoms with E-state index < -0.39 is 22.0 Å². The average Bonchev–Trinajstić information content (AvgIpc) is 2.51. The van der Waals surface area contributed by atoms with Crippen LogP contribution in [0.3, 0.4) is 0 Å². The van der Waals surface area contributed by atoms with Crippen molar-refractivity contribution in [2.24, 2.45) is 0 Å². The molecule has 0 fully saturated rings. The number of carboxylic acids is 1. The van der Waals surface area contributed by atoms with E-state index in [0.29, 0.717) is 23.4 Å². The van der Waals surface area contributed by atoms with Crippen molar-refractivity contribution in [3.8, 4) is 0 Å².